The monoisotopic (exact) mass is 263 g/mol. The number of rotatable bonds is 2. The zero-order valence-electron chi connectivity index (χ0n) is 10.5. The number of aliphatic hydroxyl groups excluding tert-OH is 1. The number of aryl methyl sites for hydroxylation is 1. The smallest absolute Gasteiger partial charge is 0.0571 e. The number of benzene rings is 1. The summed E-state index contributed by atoms with van der Waals surface area (Å²) in [6.45, 7) is 2.04. The Morgan fingerprint density at radius 3 is 2.94 bits per heavy atom. The molecule has 96 valence electrons. The second kappa shape index (κ2) is 4.60. The van der Waals surface area contributed by atoms with Crippen LogP contribution in [0.1, 0.15) is 30.4 Å². The molecule has 0 aliphatic heterocycles. The van der Waals surface area contributed by atoms with Gasteiger partial charge in [-0.3, -0.25) is 0 Å². The molecular weight excluding hydrogens is 246 g/mol. The molecule has 1 aromatic carbocycles. The summed E-state index contributed by atoms with van der Waals surface area (Å²) < 4.78 is 0. The molecule has 1 saturated carbocycles. The molecule has 3 rings (SSSR count). The molecule has 18 heavy (non-hydrogen) atoms. The van der Waals surface area contributed by atoms with Gasteiger partial charge in [-0.2, -0.15) is 0 Å². The fourth-order valence-electron chi connectivity index (χ4n) is 3.08. The molecule has 2 unspecified atom stereocenters. The van der Waals surface area contributed by atoms with Crippen LogP contribution in [-0.4, -0.2) is 16.2 Å². The lowest BCUT2D eigenvalue weighted by Crippen LogP contribution is -2.15. The fraction of sp³-hybridized carbons (Fsp3) is 0.467. The minimum atomic E-state index is -0.122. The van der Waals surface area contributed by atoms with Crippen molar-refractivity contribution in [2.75, 3.05) is 0 Å². The Hall–Kier alpha value is -0.990. The van der Waals surface area contributed by atoms with E-state index in [1.54, 1.807) is 0 Å². The van der Waals surface area contributed by atoms with E-state index in [4.69, 9.17) is 11.6 Å². The van der Waals surface area contributed by atoms with Crippen molar-refractivity contribution in [3.05, 3.63) is 34.5 Å². The van der Waals surface area contributed by atoms with Crippen LogP contribution in [0.3, 0.4) is 0 Å². The first-order valence-electron chi connectivity index (χ1n) is 6.60. The number of aliphatic hydroxyl groups is 1. The maximum atomic E-state index is 9.93. The number of halogens is 1. The highest BCUT2D eigenvalue weighted by Gasteiger charge is 2.26. The van der Waals surface area contributed by atoms with E-state index in [1.165, 1.54) is 10.9 Å². The van der Waals surface area contributed by atoms with Crippen LogP contribution < -0.4 is 0 Å². The first-order chi connectivity index (χ1) is 8.66. The predicted molar refractivity (Wildman–Crippen MR) is 75.1 cm³/mol. The van der Waals surface area contributed by atoms with Crippen molar-refractivity contribution in [2.45, 2.75) is 38.7 Å². The zero-order valence-corrected chi connectivity index (χ0v) is 11.3. The normalized spacial score (nSPS) is 23.9. The van der Waals surface area contributed by atoms with Gasteiger partial charge in [0.25, 0.3) is 0 Å². The van der Waals surface area contributed by atoms with Gasteiger partial charge < -0.3 is 10.1 Å². The number of hydrogen-bond acceptors (Lipinski definition) is 1. The van der Waals surface area contributed by atoms with Crippen LogP contribution in [-0.2, 0) is 6.42 Å². The molecule has 3 heteroatoms. The summed E-state index contributed by atoms with van der Waals surface area (Å²) in [5.74, 6) is 0.417. The van der Waals surface area contributed by atoms with Crippen molar-refractivity contribution in [1.29, 1.82) is 0 Å². The van der Waals surface area contributed by atoms with Crippen molar-refractivity contribution in [3.63, 3.8) is 0 Å². The number of aromatic nitrogens is 1. The summed E-state index contributed by atoms with van der Waals surface area (Å²) in [5.41, 5.74) is 3.54. The zero-order chi connectivity index (χ0) is 12.7. The van der Waals surface area contributed by atoms with Gasteiger partial charge in [0.1, 0.15) is 0 Å². The fourth-order valence-corrected chi connectivity index (χ4v) is 3.24. The second-order valence-corrected chi connectivity index (χ2v) is 5.78. The molecule has 0 amide bonds. The lowest BCUT2D eigenvalue weighted by atomic mass is 9.95. The van der Waals surface area contributed by atoms with Gasteiger partial charge in [0, 0.05) is 16.6 Å². The maximum absolute atomic E-state index is 9.93. The minimum Gasteiger partial charge on any atom is -0.393 e. The van der Waals surface area contributed by atoms with Crippen LogP contribution in [0.5, 0.6) is 0 Å². The second-order valence-electron chi connectivity index (χ2n) is 5.37. The Bertz CT molecular complexity index is 575. The third-order valence-corrected chi connectivity index (χ3v) is 4.65. The SMILES string of the molecule is Cc1c(Cl)ccc2c(CC3CCCC3O)c[nH]c12. The molecule has 2 atom stereocenters. The molecule has 2 N–H and O–H groups in total. The van der Waals surface area contributed by atoms with E-state index in [-0.39, 0.29) is 6.10 Å². The quantitative estimate of drug-likeness (QED) is 0.849. The van der Waals surface area contributed by atoms with E-state index >= 15 is 0 Å². The largest absolute Gasteiger partial charge is 0.393 e. The van der Waals surface area contributed by atoms with Crippen LogP contribution in [0.15, 0.2) is 18.3 Å². The average molecular weight is 264 g/mol. The first kappa shape index (κ1) is 12.1. The van der Waals surface area contributed by atoms with Crippen LogP contribution in [0.25, 0.3) is 10.9 Å². The van der Waals surface area contributed by atoms with Gasteiger partial charge in [0.2, 0.25) is 0 Å². The van der Waals surface area contributed by atoms with Gasteiger partial charge in [-0.25, -0.2) is 0 Å². The summed E-state index contributed by atoms with van der Waals surface area (Å²) in [6.07, 6.45) is 6.15. The van der Waals surface area contributed by atoms with Gasteiger partial charge in [-0.15, -0.1) is 0 Å². The Morgan fingerprint density at radius 1 is 1.39 bits per heavy atom. The minimum absolute atomic E-state index is 0.122. The van der Waals surface area contributed by atoms with E-state index in [0.29, 0.717) is 5.92 Å². The van der Waals surface area contributed by atoms with E-state index < -0.39 is 0 Å². The highest BCUT2D eigenvalue weighted by molar-refractivity contribution is 6.32. The van der Waals surface area contributed by atoms with Crippen molar-refractivity contribution in [2.24, 2.45) is 5.92 Å². The topological polar surface area (TPSA) is 36.0 Å². The third-order valence-electron chi connectivity index (χ3n) is 4.24. The van der Waals surface area contributed by atoms with Crippen molar-refractivity contribution in [3.8, 4) is 0 Å². The molecule has 1 aliphatic rings. The Labute approximate surface area is 112 Å². The molecular formula is C15H18ClNO. The van der Waals surface area contributed by atoms with E-state index in [0.717, 1.165) is 41.8 Å². The molecule has 0 spiro atoms. The van der Waals surface area contributed by atoms with E-state index in [2.05, 4.69) is 17.2 Å². The van der Waals surface area contributed by atoms with Crippen molar-refractivity contribution >= 4 is 22.5 Å². The average Bonchev–Trinajstić information content (AvgIpc) is 2.93. The van der Waals surface area contributed by atoms with Crippen molar-refractivity contribution in [1.82, 2.24) is 4.98 Å². The number of hydrogen-bond donors (Lipinski definition) is 2. The number of aromatic amines is 1. The van der Waals surface area contributed by atoms with Gasteiger partial charge in [-0.1, -0.05) is 24.1 Å². The van der Waals surface area contributed by atoms with Gasteiger partial charge in [0.15, 0.2) is 0 Å². The van der Waals surface area contributed by atoms with Gasteiger partial charge in [0.05, 0.1) is 11.6 Å². The summed E-state index contributed by atoms with van der Waals surface area (Å²) in [4.78, 5) is 3.32. The molecule has 0 saturated heterocycles. The van der Waals surface area contributed by atoms with Crippen LogP contribution in [0, 0.1) is 12.8 Å². The third kappa shape index (κ3) is 1.94. The van der Waals surface area contributed by atoms with Gasteiger partial charge >= 0.3 is 0 Å². The Balaban J connectivity index is 1.96. The summed E-state index contributed by atoms with van der Waals surface area (Å²) >= 11 is 6.13. The van der Waals surface area contributed by atoms with E-state index in [9.17, 15) is 5.11 Å². The summed E-state index contributed by atoms with van der Waals surface area (Å²) in [7, 11) is 0. The highest BCUT2D eigenvalue weighted by Crippen LogP contribution is 2.33. The van der Waals surface area contributed by atoms with Gasteiger partial charge in [-0.05, 0) is 49.3 Å². The van der Waals surface area contributed by atoms with E-state index in [1.807, 2.05) is 13.0 Å². The molecule has 1 fully saturated rings. The lowest BCUT2D eigenvalue weighted by molar-refractivity contribution is 0.133. The molecule has 2 aromatic rings. The molecule has 0 radical (unpaired) electrons. The maximum Gasteiger partial charge on any atom is 0.0571 e. The number of H-pyrrole nitrogens is 1. The predicted octanol–water partition coefficient (Wildman–Crippen LogP) is 3.83. The number of fused-ring (bicyclic) bond motifs is 1. The summed E-state index contributed by atoms with van der Waals surface area (Å²) in [5, 5.41) is 12.0. The lowest BCUT2D eigenvalue weighted by Gasteiger charge is -2.13. The number of nitrogens with one attached hydrogen (secondary N) is 1. The molecule has 2 nitrogen and oxygen atoms in total. The van der Waals surface area contributed by atoms with Crippen LogP contribution >= 0.6 is 11.6 Å². The Morgan fingerprint density at radius 2 is 2.22 bits per heavy atom. The molecule has 0 bridgehead atoms. The molecule has 1 aromatic heterocycles. The molecule has 1 heterocycles. The van der Waals surface area contributed by atoms with Crippen molar-refractivity contribution < 1.29 is 5.11 Å². The van der Waals surface area contributed by atoms with Crippen LogP contribution in [0.4, 0.5) is 0 Å². The van der Waals surface area contributed by atoms with Crippen LogP contribution in [0.2, 0.25) is 5.02 Å². The molecule has 1 aliphatic carbocycles. The summed E-state index contributed by atoms with van der Waals surface area (Å²) in [6, 6.07) is 4.04. The Kier molecular flexibility index (Phi) is 3.08. The standard InChI is InChI=1S/C15H18ClNO/c1-9-13(16)6-5-12-11(8-17-15(9)12)7-10-3-2-4-14(10)18/h5-6,8,10,14,17-18H,2-4,7H2,1H3. The first-order valence-corrected chi connectivity index (χ1v) is 6.97. The highest BCUT2D eigenvalue weighted by atomic mass is 35.5.